The van der Waals surface area contributed by atoms with E-state index in [1.165, 1.54) is 11.3 Å². The third-order valence-electron chi connectivity index (χ3n) is 3.30. The molecular weight excluding hydrogens is 244 g/mol. The number of nitrogens with zero attached hydrogens (tertiary/aromatic N) is 1. The number of carbonyl (C=O) groups excluding carboxylic acids is 1. The van der Waals surface area contributed by atoms with Crippen molar-refractivity contribution in [3.05, 3.63) is 29.3 Å². The first-order chi connectivity index (χ1) is 9.06. The van der Waals surface area contributed by atoms with Gasteiger partial charge >= 0.3 is 5.97 Å². The lowest BCUT2D eigenvalue weighted by Crippen LogP contribution is -2.26. The molecular formula is C14H18N2O3. The van der Waals surface area contributed by atoms with E-state index in [0.717, 1.165) is 24.9 Å². The number of hydrogen-bond donors (Lipinski definition) is 2. The molecule has 0 aromatic heterocycles. The minimum absolute atomic E-state index is 0.378. The summed E-state index contributed by atoms with van der Waals surface area (Å²) in [5, 5.41) is 11.1. The molecule has 0 spiro atoms. The van der Waals surface area contributed by atoms with Crippen molar-refractivity contribution >= 4 is 17.6 Å². The normalized spacial score (nSPS) is 13.8. The van der Waals surface area contributed by atoms with Crippen molar-refractivity contribution in [2.45, 2.75) is 25.8 Å². The third kappa shape index (κ3) is 3.47. The van der Waals surface area contributed by atoms with Gasteiger partial charge in [0.25, 0.3) is 0 Å². The molecule has 2 N–H and O–H groups in total. The van der Waals surface area contributed by atoms with E-state index in [1.54, 1.807) is 0 Å². The lowest BCUT2D eigenvalue weighted by Gasteiger charge is -2.27. The van der Waals surface area contributed by atoms with Crippen molar-refractivity contribution in [2.24, 2.45) is 0 Å². The fourth-order valence-electron chi connectivity index (χ4n) is 2.35. The first kappa shape index (κ1) is 13.4. The molecule has 1 heterocycles. The molecule has 102 valence electrons. The highest BCUT2D eigenvalue weighted by Crippen LogP contribution is 2.26. The van der Waals surface area contributed by atoms with Crippen LogP contribution in [0.4, 0.5) is 5.69 Å². The van der Waals surface area contributed by atoms with Gasteiger partial charge < -0.3 is 15.3 Å². The molecule has 1 aliphatic rings. The number of aryl methyl sites for hydroxylation is 1. The Morgan fingerprint density at radius 2 is 2.21 bits per heavy atom. The quantitative estimate of drug-likeness (QED) is 0.799. The van der Waals surface area contributed by atoms with Gasteiger partial charge in [-0.2, -0.15) is 0 Å². The first-order valence-electron chi connectivity index (χ1n) is 6.37. The Morgan fingerprint density at radius 3 is 2.95 bits per heavy atom. The van der Waals surface area contributed by atoms with Crippen LogP contribution in [0.25, 0.3) is 0 Å². The van der Waals surface area contributed by atoms with Crippen LogP contribution in [0, 0.1) is 0 Å². The molecule has 1 aliphatic heterocycles. The van der Waals surface area contributed by atoms with Crippen LogP contribution in [-0.4, -0.2) is 30.6 Å². The van der Waals surface area contributed by atoms with Gasteiger partial charge in [0.2, 0.25) is 5.91 Å². The molecule has 0 saturated carbocycles. The molecule has 0 radical (unpaired) electrons. The second kappa shape index (κ2) is 5.73. The lowest BCUT2D eigenvalue weighted by molar-refractivity contribution is -0.140. The fraction of sp³-hybridized carbons (Fsp3) is 0.429. The zero-order valence-electron chi connectivity index (χ0n) is 11.0. The molecule has 0 atom stereocenters. The van der Waals surface area contributed by atoms with Crippen LogP contribution in [0.3, 0.4) is 0 Å². The summed E-state index contributed by atoms with van der Waals surface area (Å²) in [5.41, 5.74) is 3.54. The molecule has 1 aromatic carbocycles. The predicted octanol–water partition coefficient (Wildman–Crippen LogP) is 1.16. The number of rotatable bonds is 4. The number of amides is 1. The smallest absolute Gasteiger partial charge is 0.312 e. The highest BCUT2D eigenvalue weighted by Gasteiger charge is 2.14. The van der Waals surface area contributed by atoms with Crippen molar-refractivity contribution in [3.8, 4) is 0 Å². The topological polar surface area (TPSA) is 69.6 Å². The Balaban J connectivity index is 1.98. The van der Waals surface area contributed by atoms with E-state index in [-0.39, 0.29) is 0 Å². The zero-order chi connectivity index (χ0) is 13.8. The molecule has 0 aliphatic carbocycles. The molecule has 5 nitrogen and oxygen atoms in total. The maximum Gasteiger partial charge on any atom is 0.312 e. The summed E-state index contributed by atoms with van der Waals surface area (Å²) < 4.78 is 0. The van der Waals surface area contributed by atoms with E-state index in [1.807, 2.05) is 6.07 Å². The van der Waals surface area contributed by atoms with Crippen LogP contribution in [-0.2, 0) is 22.6 Å². The second-order valence-corrected chi connectivity index (χ2v) is 4.84. The Hall–Kier alpha value is -2.04. The van der Waals surface area contributed by atoms with Crippen LogP contribution >= 0.6 is 0 Å². The SMILES string of the molecule is CN1CCCc2cc(CNC(=O)CC(=O)O)ccc21. The molecule has 0 unspecified atom stereocenters. The summed E-state index contributed by atoms with van der Waals surface area (Å²) in [5.74, 6) is -1.56. The van der Waals surface area contributed by atoms with E-state index in [4.69, 9.17) is 5.11 Å². The van der Waals surface area contributed by atoms with Gasteiger partial charge in [0.15, 0.2) is 0 Å². The second-order valence-electron chi connectivity index (χ2n) is 4.84. The highest BCUT2D eigenvalue weighted by molar-refractivity contribution is 5.93. The minimum atomic E-state index is -1.11. The highest BCUT2D eigenvalue weighted by atomic mass is 16.4. The van der Waals surface area contributed by atoms with Crippen LogP contribution < -0.4 is 10.2 Å². The molecule has 1 amide bonds. The zero-order valence-corrected chi connectivity index (χ0v) is 11.0. The number of carboxylic acids is 1. The van der Waals surface area contributed by atoms with Crippen LogP contribution in [0.5, 0.6) is 0 Å². The largest absolute Gasteiger partial charge is 0.481 e. The number of carboxylic acid groups (broad SMARTS) is 1. The van der Waals surface area contributed by atoms with E-state index in [2.05, 4.69) is 29.4 Å². The molecule has 19 heavy (non-hydrogen) atoms. The van der Waals surface area contributed by atoms with E-state index in [9.17, 15) is 9.59 Å². The van der Waals surface area contributed by atoms with Crippen LogP contribution in [0.15, 0.2) is 18.2 Å². The van der Waals surface area contributed by atoms with Crippen molar-refractivity contribution in [3.63, 3.8) is 0 Å². The van der Waals surface area contributed by atoms with Crippen molar-refractivity contribution in [1.29, 1.82) is 0 Å². The summed E-state index contributed by atoms with van der Waals surface area (Å²) in [6.07, 6.45) is 1.71. The Bertz CT molecular complexity index is 499. The van der Waals surface area contributed by atoms with Gasteiger partial charge in [0.1, 0.15) is 6.42 Å². The number of carbonyl (C=O) groups is 2. The molecule has 0 bridgehead atoms. The van der Waals surface area contributed by atoms with E-state index in [0.29, 0.717) is 6.54 Å². The molecule has 2 rings (SSSR count). The van der Waals surface area contributed by atoms with Gasteiger partial charge in [-0.1, -0.05) is 12.1 Å². The van der Waals surface area contributed by atoms with Gasteiger partial charge in [0.05, 0.1) is 0 Å². The maximum atomic E-state index is 11.3. The predicted molar refractivity (Wildman–Crippen MR) is 72.1 cm³/mol. The van der Waals surface area contributed by atoms with Crippen molar-refractivity contribution < 1.29 is 14.7 Å². The summed E-state index contributed by atoms with van der Waals surface area (Å²) in [6, 6.07) is 6.13. The number of benzene rings is 1. The maximum absolute atomic E-state index is 11.3. The third-order valence-corrected chi connectivity index (χ3v) is 3.30. The first-order valence-corrected chi connectivity index (χ1v) is 6.37. The van der Waals surface area contributed by atoms with Crippen LogP contribution in [0.2, 0.25) is 0 Å². The Kier molecular flexibility index (Phi) is 4.04. The monoisotopic (exact) mass is 262 g/mol. The summed E-state index contributed by atoms with van der Waals surface area (Å²) in [7, 11) is 2.08. The van der Waals surface area contributed by atoms with E-state index < -0.39 is 18.3 Å². The number of fused-ring (bicyclic) bond motifs is 1. The molecule has 1 aromatic rings. The van der Waals surface area contributed by atoms with Gasteiger partial charge in [-0.05, 0) is 30.0 Å². The lowest BCUT2D eigenvalue weighted by atomic mass is 9.99. The van der Waals surface area contributed by atoms with Gasteiger partial charge in [-0.3, -0.25) is 9.59 Å². The van der Waals surface area contributed by atoms with Gasteiger partial charge in [0, 0.05) is 25.8 Å². The number of hydrogen-bond acceptors (Lipinski definition) is 3. The van der Waals surface area contributed by atoms with Crippen LogP contribution in [0.1, 0.15) is 24.0 Å². The van der Waals surface area contributed by atoms with Gasteiger partial charge in [-0.25, -0.2) is 0 Å². The summed E-state index contributed by atoms with van der Waals surface area (Å²) >= 11 is 0. The average molecular weight is 262 g/mol. The number of aliphatic carboxylic acids is 1. The molecule has 5 heteroatoms. The average Bonchev–Trinajstić information content (AvgIpc) is 2.36. The summed E-state index contributed by atoms with van der Waals surface area (Å²) in [4.78, 5) is 23.9. The summed E-state index contributed by atoms with van der Waals surface area (Å²) in [6.45, 7) is 1.45. The van der Waals surface area contributed by atoms with Crippen molar-refractivity contribution in [2.75, 3.05) is 18.5 Å². The number of anilines is 1. The standard InChI is InChI=1S/C14H18N2O3/c1-16-6-2-3-11-7-10(4-5-12(11)16)9-15-13(17)8-14(18)19/h4-5,7H,2-3,6,8-9H2,1H3,(H,15,17)(H,18,19). The van der Waals surface area contributed by atoms with E-state index >= 15 is 0 Å². The minimum Gasteiger partial charge on any atom is -0.481 e. The fourth-order valence-corrected chi connectivity index (χ4v) is 2.35. The molecule has 0 saturated heterocycles. The number of nitrogens with one attached hydrogen (secondary N) is 1. The Morgan fingerprint density at radius 1 is 1.42 bits per heavy atom. The molecule has 0 fully saturated rings. The Labute approximate surface area is 112 Å². The van der Waals surface area contributed by atoms with Crippen molar-refractivity contribution in [1.82, 2.24) is 5.32 Å². The van der Waals surface area contributed by atoms with Gasteiger partial charge in [-0.15, -0.1) is 0 Å².